The number of H-pyrrole nitrogens is 1. The van der Waals surface area contributed by atoms with E-state index in [1.807, 2.05) is 18.2 Å². The molecule has 1 aliphatic rings. The van der Waals surface area contributed by atoms with Gasteiger partial charge in [-0.15, -0.1) is 0 Å². The summed E-state index contributed by atoms with van der Waals surface area (Å²) in [6, 6.07) is 11.1. The Balaban J connectivity index is 1.39. The van der Waals surface area contributed by atoms with E-state index >= 15 is 0 Å². The highest BCUT2D eigenvalue weighted by molar-refractivity contribution is 5.97. The zero-order valence-electron chi connectivity index (χ0n) is 15.0. The lowest BCUT2D eigenvalue weighted by Gasteiger charge is -2.25. The van der Waals surface area contributed by atoms with E-state index in [0.717, 1.165) is 34.5 Å². The van der Waals surface area contributed by atoms with Gasteiger partial charge in [0, 0.05) is 24.1 Å². The monoisotopic (exact) mass is 367 g/mol. The number of aromatic nitrogens is 2. The Morgan fingerprint density at radius 3 is 3.07 bits per heavy atom. The van der Waals surface area contributed by atoms with Crippen molar-refractivity contribution in [1.82, 2.24) is 15.3 Å². The zero-order valence-corrected chi connectivity index (χ0v) is 15.0. The normalized spacial score (nSPS) is 15.9. The average Bonchev–Trinajstić information content (AvgIpc) is 3.13. The Bertz CT molecular complexity index is 983. The predicted molar refractivity (Wildman–Crippen MR) is 100 cm³/mol. The number of carbonyl (C=O) groups excluding carboxylic acids is 1. The molecule has 2 heterocycles. The van der Waals surface area contributed by atoms with Crippen LogP contribution in [0.4, 0.5) is 0 Å². The van der Waals surface area contributed by atoms with Crippen molar-refractivity contribution in [2.24, 2.45) is 5.92 Å². The van der Waals surface area contributed by atoms with Crippen molar-refractivity contribution in [2.45, 2.75) is 13.0 Å². The van der Waals surface area contributed by atoms with Crippen LogP contribution >= 0.6 is 0 Å². The van der Waals surface area contributed by atoms with Gasteiger partial charge in [-0.1, -0.05) is 6.07 Å². The first-order valence-electron chi connectivity index (χ1n) is 8.83. The maximum Gasteiger partial charge on any atom is 0.251 e. The minimum absolute atomic E-state index is 0.141. The molecule has 0 aliphatic carbocycles. The quantitative estimate of drug-likeness (QED) is 0.641. The van der Waals surface area contributed by atoms with E-state index < -0.39 is 0 Å². The van der Waals surface area contributed by atoms with Crippen LogP contribution in [0.3, 0.4) is 0 Å². The number of nitrogens with one attached hydrogen (secondary N) is 2. The SMILES string of the molecule is COc1ccc2c(c1)OC[C@@H](CNC(=O)c1ccc3nc(CO)[nH]c3c1)C2. The molecule has 1 aliphatic heterocycles. The summed E-state index contributed by atoms with van der Waals surface area (Å²) in [5, 5.41) is 12.1. The summed E-state index contributed by atoms with van der Waals surface area (Å²) in [5.74, 6) is 2.18. The van der Waals surface area contributed by atoms with Crippen molar-refractivity contribution in [3.05, 3.63) is 53.3 Å². The standard InChI is InChI=1S/C20H21N3O4/c1-26-15-4-2-13-6-12(11-27-18(13)8-15)9-21-20(25)14-3-5-16-17(7-14)23-19(10-24)22-16/h2-5,7-8,12,24H,6,9-11H2,1H3,(H,21,25)(H,22,23)/t12-/m1/s1. The van der Waals surface area contributed by atoms with E-state index in [0.29, 0.717) is 24.5 Å². The van der Waals surface area contributed by atoms with E-state index in [2.05, 4.69) is 15.3 Å². The van der Waals surface area contributed by atoms with Gasteiger partial charge >= 0.3 is 0 Å². The molecule has 0 bridgehead atoms. The Kier molecular flexibility index (Phi) is 4.68. The third kappa shape index (κ3) is 3.59. The van der Waals surface area contributed by atoms with E-state index in [-0.39, 0.29) is 18.4 Å². The number of carbonyl (C=O) groups is 1. The number of hydrogen-bond donors (Lipinski definition) is 3. The molecule has 1 aromatic heterocycles. The number of methoxy groups -OCH3 is 1. The van der Waals surface area contributed by atoms with Crippen molar-refractivity contribution in [3.8, 4) is 11.5 Å². The van der Waals surface area contributed by atoms with Crippen LogP contribution in [0.1, 0.15) is 21.7 Å². The van der Waals surface area contributed by atoms with Crippen molar-refractivity contribution in [2.75, 3.05) is 20.3 Å². The molecule has 1 atom stereocenters. The first kappa shape index (κ1) is 17.4. The first-order chi connectivity index (χ1) is 13.2. The second-order valence-electron chi connectivity index (χ2n) is 6.64. The van der Waals surface area contributed by atoms with E-state index in [1.54, 1.807) is 25.3 Å². The number of benzene rings is 2. The molecule has 0 fully saturated rings. The molecule has 0 saturated carbocycles. The third-order valence-electron chi connectivity index (χ3n) is 4.75. The number of hydrogen-bond acceptors (Lipinski definition) is 5. The van der Waals surface area contributed by atoms with Gasteiger partial charge in [-0.25, -0.2) is 4.98 Å². The van der Waals surface area contributed by atoms with Crippen LogP contribution < -0.4 is 14.8 Å². The molecule has 27 heavy (non-hydrogen) atoms. The molecule has 140 valence electrons. The topological polar surface area (TPSA) is 96.5 Å². The van der Waals surface area contributed by atoms with Crippen molar-refractivity contribution < 1.29 is 19.4 Å². The van der Waals surface area contributed by atoms with Crippen molar-refractivity contribution in [1.29, 1.82) is 0 Å². The highest BCUT2D eigenvalue weighted by Crippen LogP contribution is 2.30. The summed E-state index contributed by atoms with van der Waals surface area (Å²) in [7, 11) is 1.63. The Morgan fingerprint density at radius 2 is 2.26 bits per heavy atom. The van der Waals surface area contributed by atoms with Crippen LogP contribution in [0.25, 0.3) is 11.0 Å². The van der Waals surface area contributed by atoms with E-state index in [9.17, 15) is 4.79 Å². The van der Waals surface area contributed by atoms with Gasteiger partial charge in [0.2, 0.25) is 0 Å². The van der Waals surface area contributed by atoms with Gasteiger partial charge in [-0.3, -0.25) is 4.79 Å². The lowest BCUT2D eigenvalue weighted by molar-refractivity contribution is 0.0939. The Hall–Kier alpha value is -3.06. The predicted octanol–water partition coefficient (Wildman–Crippen LogP) is 2.04. The minimum atomic E-state index is -0.161. The largest absolute Gasteiger partial charge is 0.497 e. The third-order valence-corrected chi connectivity index (χ3v) is 4.75. The fourth-order valence-electron chi connectivity index (χ4n) is 3.29. The number of amides is 1. The number of rotatable bonds is 5. The summed E-state index contributed by atoms with van der Waals surface area (Å²) in [6.45, 7) is 0.929. The molecular formula is C20H21N3O4. The minimum Gasteiger partial charge on any atom is -0.497 e. The summed E-state index contributed by atoms with van der Waals surface area (Å²) in [6.07, 6.45) is 0.846. The number of aromatic amines is 1. The molecule has 0 unspecified atom stereocenters. The summed E-state index contributed by atoms with van der Waals surface area (Å²) in [5.41, 5.74) is 3.13. The Morgan fingerprint density at radius 1 is 1.37 bits per heavy atom. The van der Waals surface area contributed by atoms with Gasteiger partial charge in [0.25, 0.3) is 5.91 Å². The van der Waals surface area contributed by atoms with Crippen molar-refractivity contribution in [3.63, 3.8) is 0 Å². The molecule has 7 nitrogen and oxygen atoms in total. The second-order valence-corrected chi connectivity index (χ2v) is 6.64. The highest BCUT2D eigenvalue weighted by atomic mass is 16.5. The highest BCUT2D eigenvalue weighted by Gasteiger charge is 2.21. The maximum atomic E-state index is 12.5. The second kappa shape index (κ2) is 7.28. The Labute approximate surface area is 156 Å². The summed E-state index contributed by atoms with van der Waals surface area (Å²) >= 11 is 0. The van der Waals surface area contributed by atoms with Gasteiger partial charge in [0.15, 0.2) is 0 Å². The molecule has 0 saturated heterocycles. The average molecular weight is 367 g/mol. The van der Waals surface area contributed by atoms with Gasteiger partial charge < -0.3 is 24.9 Å². The molecule has 0 spiro atoms. The number of imidazole rings is 1. The molecule has 7 heteroatoms. The number of aliphatic hydroxyl groups is 1. The summed E-state index contributed by atoms with van der Waals surface area (Å²) < 4.78 is 11.0. The number of nitrogens with zero attached hydrogens (tertiary/aromatic N) is 1. The molecule has 0 radical (unpaired) electrons. The van der Waals surface area contributed by atoms with E-state index in [1.165, 1.54) is 0 Å². The molecule has 4 rings (SSSR count). The maximum absolute atomic E-state index is 12.5. The van der Waals surface area contributed by atoms with Crippen LogP contribution in [0.2, 0.25) is 0 Å². The number of ether oxygens (including phenoxy) is 2. The lowest BCUT2D eigenvalue weighted by atomic mass is 9.96. The fraction of sp³-hybridized carbons (Fsp3) is 0.300. The fourth-order valence-corrected chi connectivity index (χ4v) is 3.29. The van der Waals surface area contributed by atoms with E-state index in [4.69, 9.17) is 14.6 Å². The van der Waals surface area contributed by atoms with Crippen LogP contribution in [-0.4, -0.2) is 41.2 Å². The molecule has 3 aromatic rings. The molecule has 3 N–H and O–H groups in total. The van der Waals surface area contributed by atoms with Gasteiger partial charge in [0.1, 0.15) is 23.9 Å². The molecule has 1 amide bonds. The van der Waals surface area contributed by atoms with Gasteiger partial charge in [-0.05, 0) is 36.2 Å². The lowest BCUT2D eigenvalue weighted by Crippen LogP contribution is -2.34. The van der Waals surface area contributed by atoms with Crippen LogP contribution in [0.5, 0.6) is 11.5 Å². The van der Waals surface area contributed by atoms with Crippen LogP contribution in [0, 0.1) is 5.92 Å². The first-order valence-corrected chi connectivity index (χ1v) is 8.83. The van der Waals surface area contributed by atoms with Crippen LogP contribution in [-0.2, 0) is 13.0 Å². The van der Waals surface area contributed by atoms with Crippen molar-refractivity contribution >= 4 is 16.9 Å². The number of fused-ring (bicyclic) bond motifs is 2. The number of aliphatic hydroxyl groups excluding tert-OH is 1. The molecular weight excluding hydrogens is 346 g/mol. The smallest absolute Gasteiger partial charge is 0.251 e. The zero-order chi connectivity index (χ0) is 18.8. The van der Waals surface area contributed by atoms with Crippen LogP contribution in [0.15, 0.2) is 36.4 Å². The summed E-state index contributed by atoms with van der Waals surface area (Å²) in [4.78, 5) is 19.7. The molecule has 2 aromatic carbocycles. The van der Waals surface area contributed by atoms with Gasteiger partial charge in [0.05, 0.1) is 24.8 Å². The van der Waals surface area contributed by atoms with Gasteiger partial charge in [-0.2, -0.15) is 0 Å².